The lowest BCUT2D eigenvalue weighted by atomic mass is 10.0. The number of nitrogens with zero attached hydrogens (tertiary/aromatic N) is 5. The molecule has 2 fully saturated rings. The summed E-state index contributed by atoms with van der Waals surface area (Å²) in [6.07, 6.45) is 3.27. The second-order valence-electron chi connectivity index (χ2n) is 9.04. The SMILES string of the molecule is CC(=O)N(C)c1cnn(C(=O)N2CC3CN(Cc4ccc(OC(C)C)cc4Cl)CC3C2)c1. The normalized spacial score (nSPS) is 20.6. The molecule has 0 N–H and O–H groups in total. The Morgan fingerprint density at radius 2 is 1.91 bits per heavy atom. The van der Waals surface area contributed by atoms with Crippen LogP contribution in [0.15, 0.2) is 30.6 Å². The third kappa shape index (κ3) is 4.76. The topological polar surface area (TPSA) is 70.9 Å². The fraction of sp³-hybridized carbons (Fsp3) is 0.522. The number of ether oxygens (including phenoxy) is 1. The van der Waals surface area contributed by atoms with Crippen molar-refractivity contribution in [1.29, 1.82) is 0 Å². The minimum absolute atomic E-state index is 0.102. The van der Waals surface area contributed by atoms with Gasteiger partial charge in [-0.3, -0.25) is 9.69 Å². The Bertz CT molecular complexity index is 993. The van der Waals surface area contributed by atoms with Crippen LogP contribution in [-0.2, 0) is 11.3 Å². The number of hydrogen-bond donors (Lipinski definition) is 0. The Balaban J connectivity index is 1.32. The van der Waals surface area contributed by atoms with E-state index in [1.54, 1.807) is 19.4 Å². The zero-order chi connectivity index (χ0) is 23.0. The molecule has 0 spiro atoms. The average Bonchev–Trinajstić information content (AvgIpc) is 3.43. The van der Waals surface area contributed by atoms with E-state index in [1.807, 2.05) is 36.9 Å². The molecule has 2 aliphatic heterocycles. The zero-order valence-corrected chi connectivity index (χ0v) is 19.7. The predicted octanol–water partition coefficient (Wildman–Crippen LogP) is 3.34. The number of carbonyl (C=O) groups excluding carboxylic acids is 2. The second kappa shape index (κ2) is 9.11. The molecule has 0 radical (unpaired) electrons. The van der Waals surface area contributed by atoms with E-state index in [-0.39, 0.29) is 18.0 Å². The Labute approximate surface area is 193 Å². The number of hydrogen-bond acceptors (Lipinski definition) is 5. The van der Waals surface area contributed by atoms with Crippen molar-refractivity contribution in [2.75, 3.05) is 38.1 Å². The van der Waals surface area contributed by atoms with E-state index in [0.29, 0.717) is 30.6 Å². The van der Waals surface area contributed by atoms with Gasteiger partial charge in [-0.1, -0.05) is 17.7 Å². The molecule has 2 amide bonds. The van der Waals surface area contributed by atoms with E-state index < -0.39 is 0 Å². The Kier molecular flexibility index (Phi) is 6.44. The van der Waals surface area contributed by atoms with Crippen molar-refractivity contribution in [2.45, 2.75) is 33.4 Å². The predicted molar refractivity (Wildman–Crippen MR) is 123 cm³/mol. The van der Waals surface area contributed by atoms with Gasteiger partial charge in [-0.2, -0.15) is 9.78 Å². The molecule has 4 rings (SSSR count). The molecule has 0 saturated carbocycles. The fourth-order valence-electron chi connectivity index (χ4n) is 4.54. The summed E-state index contributed by atoms with van der Waals surface area (Å²) in [5.41, 5.74) is 1.70. The molecule has 32 heavy (non-hydrogen) atoms. The quantitative estimate of drug-likeness (QED) is 0.685. The van der Waals surface area contributed by atoms with Crippen LogP contribution in [0.25, 0.3) is 0 Å². The van der Waals surface area contributed by atoms with Gasteiger partial charge in [-0.15, -0.1) is 0 Å². The number of halogens is 1. The largest absolute Gasteiger partial charge is 0.491 e. The van der Waals surface area contributed by atoms with Crippen molar-refractivity contribution in [3.63, 3.8) is 0 Å². The first kappa shape index (κ1) is 22.6. The molecular weight excluding hydrogens is 430 g/mol. The van der Waals surface area contributed by atoms with Crippen LogP contribution in [0.5, 0.6) is 5.75 Å². The van der Waals surface area contributed by atoms with Crippen molar-refractivity contribution < 1.29 is 14.3 Å². The molecule has 9 heteroatoms. The fourth-order valence-corrected chi connectivity index (χ4v) is 4.77. The molecule has 0 bridgehead atoms. The van der Waals surface area contributed by atoms with Gasteiger partial charge in [-0.25, -0.2) is 4.79 Å². The molecule has 172 valence electrons. The van der Waals surface area contributed by atoms with Crippen LogP contribution < -0.4 is 9.64 Å². The number of anilines is 1. The van der Waals surface area contributed by atoms with E-state index in [2.05, 4.69) is 10.00 Å². The van der Waals surface area contributed by atoms with Gasteiger partial charge in [-0.05, 0) is 43.4 Å². The smallest absolute Gasteiger partial charge is 0.344 e. The Morgan fingerprint density at radius 1 is 1.22 bits per heavy atom. The first-order valence-corrected chi connectivity index (χ1v) is 11.3. The molecule has 0 aliphatic carbocycles. The highest BCUT2D eigenvalue weighted by Crippen LogP contribution is 2.33. The number of aromatic nitrogens is 2. The molecule has 2 aliphatic rings. The van der Waals surface area contributed by atoms with E-state index in [1.165, 1.54) is 16.5 Å². The number of amides is 2. The minimum atomic E-state index is -0.141. The lowest BCUT2D eigenvalue weighted by Gasteiger charge is -2.22. The van der Waals surface area contributed by atoms with Crippen LogP contribution >= 0.6 is 11.6 Å². The average molecular weight is 460 g/mol. The summed E-state index contributed by atoms with van der Waals surface area (Å²) in [5.74, 6) is 1.57. The lowest BCUT2D eigenvalue weighted by molar-refractivity contribution is -0.116. The van der Waals surface area contributed by atoms with Crippen molar-refractivity contribution in [3.8, 4) is 5.75 Å². The summed E-state index contributed by atoms with van der Waals surface area (Å²) >= 11 is 6.49. The maximum atomic E-state index is 12.9. The summed E-state index contributed by atoms with van der Waals surface area (Å²) in [6.45, 7) is 9.57. The molecule has 3 heterocycles. The number of likely N-dealkylation sites (tertiary alicyclic amines) is 2. The molecule has 1 aromatic heterocycles. The highest BCUT2D eigenvalue weighted by molar-refractivity contribution is 6.31. The van der Waals surface area contributed by atoms with Crippen LogP contribution in [-0.4, -0.2) is 70.8 Å². The van der Waals surface area contributed by atoms with Gasteiger partial charge in [0, 0.05) is 51.7 Å². The first-order chi connectivity index (χ1) is 15.2. The number of fused-ring (bicyclic) bond motifs is 1. The molecular formula is C23H30ClN5O3. The molecule has 2 aromatic rings. The maximum Gasteiger partial charge on any atom is 0.344 e. The van der Waals surface area contributed by atoms with Gasteiger partial charge >= 0.3 is 6.03 Å². The summed E-state index contributed by atoms with van der Waals surface area (Å²) < 4.78 is 7.04. The van der Waals surface area contributed by atoms with Crippen LogP contribution in [0.2, 0.25) is 5.02 Å². The second-order valence-corrected chi connectivity index (χ2v) is 9.45. The summed E-state index contributed by atoms with van der Waals surface area (Å²) in [4.78, 5) is 30.2. The van der Waals surface area contributed by atoms with E-state index >= 15 is 0 Å². The summed E-state index contributed by atoms with van der Waals surface area (Å²) in [5, 5.41) is 4.88. The Hall–Kier alpha value is -2.58. The highest BCUT2D eigenvalue weighted by atomic mass is 35.5. The Morgan fingerprint density at radius 3 is 2.50 bits per heavy atom. The first-order valence-electron chi connectivity index (χ1n) is 11.0. The molecule has 8 nitrogen and oxygen atoms in total. The van der Waals surface area contributed by atoms with Crippen LogP contribution in [0.3, 0.4) is 0 Å². The van der Waals surface area contributed by atoms with Gasteiger partial charge in [0.1, 0.15) is 5.75 Å². The molecule has 2 unspecified atom stereocenters. The van der Waals surface area contributed by atoms with Gasteiger partial charge in [0.05, 0.1) is 24.2 Å². The maximum absolute atomic E-state index is 12.9. The van der Waals surface area contributed by atoms with Gasteiger partial charge in [0.15, 0.2) is 0 Å². The van der Waals surface area contributed by atoms with Crippen LogP contribution in [0, 0.1) is 11.8 Å². The number of carbonyl (C=O) groups is 2. The van der Waals surface area contributed by atoms with E-state index in [4.69, 9.17) is 16.3 Å². The molecule has 1 aromatic carbocycles. The number of rotatable bonds is 5. The van der Waals surface area contributed by atoms with Crippen LogP contribution in [0.1, 0.15) is 26.3 Å². The molecule has 2 atom stereocenters. The molecule has 2 saturated heterocycles. The van der Waals surface area contributed by atoms with Crippen LogP contribution in [0.4, 0.5) is 10.5 Å². The van der Waals surface area contributed by atoms with Crippen molar-refractivity contribution in [2.24, 2.45) is 11.8 Å². The summed E-state index contributed by atoms with van der Waals surface area (Å²) in [6, 6.07) is 5.76. The lowest BCUT2D eigenvalue weighted by Crippen LogP contribution is -2.36. The zero-order valence-electron chi connectivity index (χ0n) is 19.0. The van der Waals surface area contributed by atoms with E-state index in [0.717, 1.165) is 36.0 Å². The van der Waals surface area contributed by atoms with Crippen molar-refractivity contribution in [3.05, 3.63) is 41.2 Å². The van der Waals surface area contributed by atoms with E-state index in [9.17, 15) is 9.59 Å². The highest BCUT2D eigenvalue weighted by Gasteiger charge is 2.42. The van der Waals surface area contributed by atoms with Gasteiger partial charge in [0.25, 0.3) is 0 Å². The minimum Gasteiger partial charge on any atom is -0.491 e. The third-order valence-corrected chi connectivity index (χ3v) is 6.60. The summed E-state index contributed by atoms with van der Waals surface area (Å²) in [7, 11) is 1.67. The van der Waals surface area contributed by atoms with Gasteiger partial charge < -0.3 is 14.5 Å². The monoisotopic (exact) mass is 459 g/mol. The van der Waals surface area contributed by atoms with Gasteiger partial charge in [0.2, 0.25) is 5.91 Å². The van der Waals surface area contributed by atoms with Crippen molar-refractivity contribution >= 4 is 29.2 Å². The third-order valence-electron chi connectivity index (χ3n) is 6.25. The van der Waals surface area contributed by atoms with Crippen molar-refractivity contribution in [1.82, 2.24) is 19.6 Å². The number of benzene rings is 1. The standard InChI is InChI=1S/C23H30ClN5O3/c1-15(2)32-21-6-5-17(22(24)7-21)9-27-10-18-12-28(13-19(18)11-27)23(31)29-14-20(8-25-29)26(4)16(3)30/h5-8,14-15,18-19H,9-13H2,1-4H3.